The van der Waals surface area contributed by atoms with Crippen LogP contribution in [0.25, 0.3) is 0 Å². The van der Waals surface area contributed by atoms with Gasteiger partial charge in [-0.15, -0.1) is 0 Å². The lowest BCUT2D eigenvalue weighted by atomic mass is 10.1. The molecule has 2 amide bonds. The van der Waals surface area contributed by atoms with Crippen molar-refractivity contribution in [3.8, 4) is 0 Å². The summed E-state index contributed by atoms with van der Waals surface area (Å²) in [6.07, 6.45) is 3.25. The minimum Gasteiger partial charge on any atom is -0.481 e. The van der Waals surface area contributed by atoms with Gasteiger partial charge in [0, 0.05) is 31.0 Å². The average Bonchev–Trinajstić information content (AvgIpc) is 2.35. The van der Waals surface area contributed by atoms with E-state index in [0.717, 1.165) is 5.56 Å². The van der Waals surface area contributed by atoms with E-state index in [1.807, 2.05) is 32.9 Å². The summed E-state index contributed by atoms with van der Waals surface area (Å²) in [6, 6.07) is 3.37. The van der Waals surface area contributed by atoms with Gasteiger partial charge in [0.25, 0.3) is 0 Å². The molecule has 6 heteroatoms. The maximum Gasteiger partial charge on any atom is 0.318 e. The first-order chi connectivity index (χ1) is 9.30. The molecule has 0 aliphatic heterocycles. The van der Waals surface area contributed by atoms with Crippen molar-refractivity contribution in [1.29, 1.82) is 0 Å². The quantitative estimate of drug-likeness (QED) is 0.862. The molecule has 0 aromatic carbocycles. The number of aliphatic carboxylic acids is 1. The zero-order chi connectivity index (χ0) is 15.2. The normalized spacial score (nSPS) is 10.9. The summed E-state index contributed by atoms with van der Waals surface area (Å²) in [4.78, 5) is 28.3. The Bertz CT molecular complexity index is 454. The van der Waals surface area contributed by atoms with Crippen molar-refractivity contribution in [2.45, 2.75) is 39.3 Å². The molecule has 0 fully saturated rings. The molecule has 0 radical (unpaired) electrons. The molecule has 6 nitrogen and oxygen atoms in total. The van der Waals surface area contributed by atoms with Crippen molar-refractivity contribution in [2.24, 2.45) is 0 Å². The summed E-state index contributed by atoms with van der Waals surface area (Å²) >= 11 is 0. The lowest BCUT2D eigenvalue weighted by Crippen LogP contribution is -2.50. The van der Waals surface area contributed by atoms with Crippen molar-refractivity contribution >= 4 is 12.0 Å². The smallest absolute Gasteiger partial charge is 0.318 e. The van der Waals surface area contributed by atoms with Gasteiger partial charge in [-0.3, -0.25) is 9.78 Å². The van der Waals surface area contributed by atoms with Gasteiger partial charge in [-0.2, -0.15) is 0 Å². The summed E-state index contributed by atoms with van der Waals surface area (Å²) in [5.41, 5.74) is 0.512. The molecule has 0 spiro atoms. The topological polar surface area (TPSA) is 82.5 Å². The van der Waals surface area contributed by atoms with Crippen LogP contribution < -0.4 is 5.32 Å². The second-order valence-electron chi connectivity index (χ2n) is 5.48. The first-order valence-electron chi connectivity index (χ1n) is 6.47. The number of nitrogens with zero attached hydrogens (tertiary/aromatic N) is 2. The molecule has 0 aliphatic rings. The van der Waals surface area contributed by atoms with E-state index in [9.17, 15) is 9.59 Å². The van der Waals surface area contributed by atoms with E-state index in [2.05, 4.69) is 10.3 Å². The number of hydrogen-bond donors (Lipinski definition) is 2. The molecule has 2 N–H and O–H groups in total. The summed E-state index contributed by atoms with van der Waals surface area (Å²) in [7, 11) is 0. The van der Waals surface area contributed by atoms with Gasteiger partial charge in [-0.1, -0.05) is 0 Å². The number of urea groups is 1. The number of carbonyl (C=O) groups excluding carboxylic acids is 1. The largest absolute Gasteiger partial charge is 0.481 e. The molecule has 1 heterocycles. The highest BCUT2D eigenvalue weighted by atomic mass is 16.4. The van der Waals surface area contributed by atoms with E-state index in [-0.39, 0.29) is 19.0 Å². The highest BCUT2D eigenvalue weighted by molar-refractivity contribution is 5.76. The van der Waals surface area contributed by atoms with Crippen molar-refractivity contribution in [2.75, 3.05) is 6.54 Å². The minimum atomic E-state index is -0.916. The van der Waals surface area contributed by atoms with E-state index in [1.54, 1.807) is 12.4 Å². The number of carbonyl (C=O) groups is 2. The molecular weight excluding hydrogens is 258 g/mol. The maximum atomic E-state index is 12.2. The van der Waals surface area contributed by atoms with Gasteiger partial charge in [-0.05, 0) is 38.5 Å². The third-order valence-corrected chi connectivity index (χ3v) is 2.80. The standard InChI is InChI=1S/C14H21N3O3/c1-14(2,3)17(9-6-12(18)19)13(20)16-10-11-4-7-15-8-5-11/h4-5,7-8H,6,9-10H2,1-3H3,(H,16,20)(H,18,19). The Balaban J connectivity index is 2.61. The number of nitrogens with one attached hydrogen (secondary N) is 1. The summed E-state index contributed by atoms with van der Waals surface area (Å²) < 4.78 is 0. The second-order valence-corrected chi connectivity index (χ2v) is 5.48. The number of rotatable bonds is 5. The Morgan fingerprint density at radius 1 is 1.30 bits per heavy atom. The molecule has 0 atom stereocenters. The summed E-state index contributed by atoms with van der Waals surface area (Å²) in [5, 5.41) is 11.5. The van der Waals surface area contributed by atoms with Gasteiger partial charge in [0.1, 0.15) is 0 Å². The van der Waals surface area contributed by atoms with E-state index in [1.165, 1.54) is 4.90 Å². The van der Waals surface area contributed by atoms with Gasteiger partial charge in [0.15, 0.2) is 0 Å². The Morgan fingerprint density at radius 3 is 2.40 bits per heavy atom. The van der Waals surface area contributed by atoms with Crippen molar-refractivity contribution < 1.29 is 14.7 Å². The number of carboxylic acid groups (broad SMARTS) is 1. The van der Waals surface area contributed by atoms with Crippen LogP contribution in [0, 0.1) is 0 Å². The number of aromatic nitrogens is 1. The number of amides is 2. The zero-order valence-corrected chi connectivity index (χ0v) is 12.1. The second kappa shape index (κ2) is 6.88. The van der Waals surface area contributed by atoms with Gasteiger partial charge in [0.05, 0.1) is 6.42 Å². The van der Waals surface area contributed by atoms with E-state index < -0.39 is 11.5 Å². The van der Waals surface area contributed by atoms with Crippen LogP contribution in [0.4, 0.5) is 4.79 Å². The van der Waals surface area contributed by atoms with Crippen LogP contribution in [0.15, 0.2) is 24.5 Å². The Labute approximate surface area is 118 Å². The van der Waals surface area contributed by atoms with E-state index >= 15 is 0 Å². The maximum absolute atomic E-state index is 12.2. The third kappa shape index (κ3) is 5.26. The van der Waals surface area contributed by atoms with Crippen molar-refractivity contribution in [1.82, 2.24) is 15.2 Å². The molecule has 1 aromatic heterocycles. The average molecular weight is 279 g/mol. The zero-order valence-electron chi connectivity index (χ0n) is 12.1. The minimum absolute atomic E-state index is 0.0695. The fraction of sp³-hybridized carbons (Fsp3) is 0.500. The lowest BCUT2D eigenvalue weighted by molar-refractivity contribution is -0.137. The Hall–Kier alpha value is -2.11. The summed E-state index contributed by atoms with van der Waals surface area (Å²) in [5.74, 6) is -0.916. The number of carboxylic acids is 1. The van der Waals surface area contributed by atoms with Crippen molar-refractivity contribution in [3.05, 3.63) is 30.1 Å². The first kappa shape index (κ1) is 15.9. The highest BCUT2D eigenvalue weighted by Crippen LogP contribution is 2.14. The molecule has 0 unspecified atom stereocenters. The van der Waals surface area contributed by atoms with Crippen LogP contribution >= 0.6 is 0 Å². The molecule has 110 valence electrons. The van der Waals surface area contributed by atoms with Gasteiger partial charge >= 0.3 is 12.0 Å². The summed E-state index contributed by atoms with van der Waals surface area (Å²) in [6.45, 7) is 6.20. The molecule has 1 rings (SSSR count). The van der Waals surface area contributed by atoms with E-state index in [0.29, 0.717) is 6.54 Å². The van der Waals surface area contributed by atoms with E-state index in [4.69, 9.17) is 5.11 Å². The van der Waals surface area contributed by atoms with Crippen LogP contribution in [0.2, 0.25) is 0 Å². The molecule has 20 heavy (non-hydrogen) atoms. The van der Waals surface area contributed by atoms with Gasteiger partial charge in [0.2, 0.25) is 0 Å². The van der Waals surface area contributed by atoms with Crippen LogP contribution in [-0.4, -0.2) is 39.1 Å². The molecule has 0 saturated heterocycles. The van der Waals surface area contributed by atoms with Crippen molar-refractivity contribution in [3.63, 3.8) is 0 Å². The lowest BCUT2D eigenvalue weighted by Gasteiger charge is -2.35. The molecule has 0 bridgehead atoms. The van der Waals surface area contributed by atoms with Crippen LogP contribution in [0.1, 0.15) is 32.8 Å². The molecule has 0 aliphatic carbocycles. The SMILES string of the molecule is CC(C)(C)N(CCC(=O)O)C(=O)NCc1ccncc1. The van der Waals surface area contributed by atoms with Crippen LogP contribution in [-0.2, 0) is 11.3 Å². The Morgan fingerprint density at radius 2 is 1.90 bits per heavy atom. The third-order valence-electron chi connectivity index (χ3n) is 2.80. The molecular formula is C14H21N3O3. The van der Waals surface area contributed by atoms with Gasteiger partial charge in [-0.25, -0.2) is 4.79 Å². The number of hydrogen-bond acceptors (Lipinski definition) is 3. The highest BCUT2D eigenvalue weighted by Gasteiger charge is 2.26. The van der Waals surface area contributed by atoms with Crippen LogP contribution in [0.3, 0.4) is 0 Å². The van der Waals surface area contributed by atoms with Crippen LogP contribution in [0.5, 0.6) is 0 Å². The monoisotopic (exact) mass is 279 g/mol. The van der Waals surface area contributed by atoms with Gasteiger partial charge < -0.3 is 15.3 Å². The predicted octanol–water partition coefficient (Wildman–Crippen LogP) is 1.87. The first-order valence-corrected chi connectivity index (χ1v) is 6.47. The predicted molar refractivity (Wildman–Crippen MR) is 75.2 cm³/mol. The molecule has 0 saturated carbocycles. The molecule has 1 aromatic rings. The fourth-order valence-electron chi connectivity index (χ4n) is 1.72. The number of pyridine rings is 1. The Kier molecular flexibility index (Phi) is 5.49. The fourth-order valence-corrected chi connectivity index (χ4v) is 1.72.